The van der Waals surface area contributed by atoms with Gasteiger partial charge in [-0.2, -0.15) is 4.98 Å². The molecule has 2 aromatic rings. The van der Waals surface area contributed by atoms with Gasteiger partial charge in [-0.15, -0.1) is 0 Å². The van der Waals surface area contributed by atoms with Crippen LogP contribution in [0.1, 0.15) is 81.6 Å². The SMILES string of the molecule is CC[C@]1(C2Cc3c(cccc3C(N)=O)O2)C(=O)N(C)c2cnc(N[C@H]3CC[C@H](N4CCN(CC5CC5)CC4)CC3)nc2N1C(C)C. The summed E-state index contributed by atoms with van der Waals surface area (Å²) in [4.78, 5) is 45.7. The molecule has 0 bridgehead atoms. The van der Waals surface area contributed by atoms with E-state index >= 15 is 0 Å². The van der Waals surface area contributed by atoms with Crippen LogP contribution in [0.3, 0.4) is 0 Å². The molecule has 1 aromatic carbocycles. The van der Waals surface area contributed by atoms with Gasteiger partial charge < -0.3 is 30.5 Å². The van der Waals surface area contributed by atoms with E-state index in [9.17, 15) is 9.59 Å². The van der Waals surface area contributed by atoms with Gasteiger partial charge in [0.1, 0.15) is 17.5 Å². The van der Waals surface area contributed by atoms with E-state index < -0.39 is 17.6 Å². The number of carbonyl (C=O) groups excluding carboxylic acids is 2. The average molecular weight is 631 g/mol. The third-order valence-electron chi connectivity index (χ3n) is 11.3. The summed E-state index contributed by atoms with van der Waals surface area (Å²) in [5.41, 5.74) is 6.58. The maximum Gasteiger partial charge on any atom is 0.256 e. The lowest BCUT2D eigenvalue weighted by Gasteiger charge is -2.53. The van der Waals surface area contributed by atoms with Crippen LogP contribution in [0.25, 0.3) is 0 Å². The number of nitrogens with zero attached hydrogens (tertiary/aromatic N) is 6. The Bertz CT molecular complexity index is 1460. The highest BCUT2D eigenvalue weighted by Crippen LogP contribution is 2.47. The third-order valence-corrected chi connectivity index (χ3v) is 11.3. The molecule has 1 aromatic heterocycles. The van der Waals surface area contributed by atoms with Crippen LogP contribution in [0, 0.1) is 5.92 Å². The molecular weight excluding hydrogens is 580 g/mol. The van der Waals surface area contributed by atoms with Crippen LogP contribution >= 0.6 is 0 Å². The van der Waals surface area contributed by atoms with Gasteiger partial charge in [0.2, 0.25) is 11.9 Å². The highest BCUT2D eigenvalue weighted by Gasteiger charge is 2.58. The molecule has 0 radical (unpaired) electrons. The number of nitrogens with two attached hydrogens (primary N) is 1. The summed E-state index contributed by atoms with van der Waals surface area (Å²) in [6, 6.07) is 6.28. The second-order valence-electron chi connectivity index (χ2n) is 14.4. The minimum absolute atomic E-state index is 0.0535. The normalized spacial score (nSPS) is 28.6. The number of fused-ring (bicyclic) bond motifs is 2. The molecule has 0 spiro atoms. The van der Waals surface area contributed by atoms with Crippen LogP contribution in [0.4, 0.5) is 17.5 Å². The fourth-order valence-corrected chi connectivity index (χ4v) is 8.60. The number of primary amides is 1. The Morgan fingerprint density at radius 3 is 2.50 bits per heavy atom. The number of likely N-dealkylation sites (N-methyl/N-ethyl adjacent to an activating group) is 1. The lowest BCUT2D eigenvalue weighted by molar-refractivity contribution is -0.127. The summed E-state index contributed by atoms with van der Waals surface area (Å²) in [7, 11) is 1.80. The smallest absolute Gasteiger partial charge is 0.256 e. The van der Waals surface area contributed by atoms with Gasteiger partial charge >= 0.3 is 0 Å². The fraction of sp³-hybridized carbons (Fsp3) is 0.657. The van der Waals surface area contributed by atoms with Gasteiger partial charge in [0.25, 0.3) is 5.91 Å². The molecule has 248 valence electrons. The predicted octanol–water partition coefficient (Wildman–Crippen LogP) is 3.67. The van der Waals surface area contributed by atoms with Gasteiger partial charge in [-0.05, 0) is 76.8 Å². The molecule has 11 heteroatoms. The molecule has 3 aliphatic heterocycles. The molecule has 1 saturated heterocycles. The van der Waals surface area contributed by atoms with Gasteiger partial charge in [0.05, 0.1) is 6.20 Å². The highest BCUT2D eigenvalue weighted by molar-refractivity contribution is 6.08. The number of benzene rings is 1. The van der Waals surface area contributed by atoms with Crippen LogP contribution in [0.2, 0.25) is 0 Å². The number of amides is 2. The number of aromatic nitrogens is 2. The topological polar surface area (TPSA) is 120 Å². The molecule has 1 unspecified atom stereocenters. The molecule has 7 rings (SSSR count). The monoisotopic (exact) mass is 630 g/mol. The van der Waals surface area contributed by atoms with E-state index in [2.05, 4.69) is 33.9 Å². The zero-order valence-electron chi connectivity index (χ0n) is 27.9. The minimum Gasteiger partial charge on any atom is -0.487 e. The fourth-order valence-electron chi connectivity index (χ4n) is 8.60. The molecule has 11 nitrogen and oxygen atoms in total. The number of rotatable bonds is 9. The van der Waals surface area contributed by atoms with E-state index in [0.717, 1.165) is 30.1 Å². The quantitative estimate of drug-likeness (QED) is 0.428. The summed E-state index contributed by atoms with van der Waals surface area (Å²) in [5, 5.41) is 3.66. The molecule has 2 saturated carbocycles. The zero-order chi connectivity index (χ0) is 32.2. The average Bonchev–Trinajstić information content (AvgIpc) is 3.76. The van der Waals surface area contributed by atoms with Crippen molar-refractivity contribution in [3.8, 4) is 5.75 Å². The Hall–Kier alpha value is -3.44. The van der Waals surface area contributed by atoms with E-state index in [1.807, 2.05) is 13.0 Å². The van der Waals surface area contributed by atoms with Crippen molar-refractivity contribution in [1.82, 2.24) is 19.8 Å². The van der Waals surface area contributed by atoms with E-state index in [-0.39, 0.29) is 11.9 Å². The number of nitrogens with one attached hydrogen (secondary N) is 1. The van der Waals surface area contributed by atoms with Crippen molar-refractivity contribution in [2.75, 3.05) is 54.9 Å². The third kappa shape index (κ3) is 5.49. The van der Waals surface area contributed by atoms with Crippen LogP contribution < -0.4 is 25.6 Å². The first-order chi connectivity index (χ1) is 22.2. The van der Waals surface area contributed by atoms with Crippen molar-refractivity contribution in [2.45, 2.75) is 102 Å². The summed E-state index contributed by atoms with van der Waals surface area (Å²) < 4.78 is 6.52. The van der Waals surface area contributed by atoms with Crippen LogP contribution in [-0.2, 0) is 11.2 Å². The Morgan fingerprint density at radius 2 is 1.85 bits per heavy atom. The second-order valence-corrected chi connectivity index (χ2v) is 14.4. The summed E-state index contributed by atoms with van der Waals surface area (Å²) in [5.74, 6) is 2.35. The molecule has 2 aliphatic carbocycles. The van der Waals surface area contributed by atoms with Crippen molar-refractivity contribution in [3.05, 3.63) is 35.5 Å². The number of hydrogen-bond donors (Lipinski definition) is 2. The summed E-state index contributed by atoms with van der Waals surface area (Å²) >= 11 is 0. The molecule has 5 aliphatic rings. The van der Waals surface area contributed by atoms with Gasteiger partial charge in [0, 0.05) is 75.4 Å². The van der Waals surface area contributed by atoms with Crippen molar-refractivity contribution in [2.24, 2.45) is 11.7 Å². The lowest BCUT2D eigenvalue weighted by Crippen LogP contribution is -2.71. The maximum atomic E-state index is 14.4. The maximum absolute atomic E-state index is 14.4. The molecule has 3 fully saturated rings. The van der Waals surface area contributed by atoms with Crippen molar-refractivity contribution < 1.29 is 14.3 Å². The van der Waals surface area contributed by atoms with E-state index in [4.69, 9.17) is 20.4 Å². The first-order valence-corrected chi connectivity index (χ1v) is 17.4. The number of hydrogen-bond acceptors (Lipinski definition) is 9. The van der Waals surface area contributed by atoms with E-state index in [1.165, 1.54) is 58.4 Å². The second kappa shape index (κ2) is 12.3. The molecule has 2 amide bonds. The van der Waals surface area contributed by atoms with Gasteiger partial charge in [-0.25, -0.2) is 4.98 Å². The number of piperazine rings is 1. The Labute approximate surface area is 272 Å². The number of carbonyl (C=O) groups is 2. The largest absolute Gasteiger partial charge is 0.487 e. The van der Waals surface area contributed by atoms with Gasteiger partial charge in [-0.1, -0.05) is 13.0 Å². The van der Waals surface area contributed by atoms with Gasteiger partial charge in [-0.3, -0.25) is 14.5 Å². The number of anilines is 3. The molecule has 3 N–H and O–H groups in total. The molecule has 2 atom stereocenters. The standard InChI is InChI=1S/C35H50N8O3/c1-5-35(30-19-27-26(31(36)44)7-6-8-29(27)46-30)33(45)40(4)28-20-37-34(39-32(28)43(35)22(2)3)38-24-11-13-25(14-12-24)42-17-15-41(16-18-42)21-23-9-10-23/h6-8,20,22-25,30H,5,9-19,21H2,1-4H3,(H2,36,44)(H,37,38,39)/t24-,25-,30?,35-/m0/s1. The van der Waals surface area contributed by atoms with Crippen LogP contribution in [0.15, 0.2) is 24.4 Å². The summed E-state index contributed by atoms with van der Waals surface area (Å²) in [6.07, 6.45) is 9.59. The summed E-state index contributed by atoms with van der Waals surface area (Å²) in [6.45, 7) is 12.3. The zero-order valence-corrected chi connectivity index (χ0v) is 27.9. The molecule has 46 heavy (non-hydrogen) atoms. The predicted molar refractivity (Wildman–Crippen MR) is 180 cm³/mol. The van der Waals surface area contributed by atoms with Crippen molar-refractivity contribution >= 4 is 29.3 Å². The van der Waals surface area contributed by atoms with Gasteiger partial charge in [0.15, 0.2) is 11.4 Å². The van der Waals surface area contributed by atoms with E-state index in [0.29, 0.717) is 47.9 Å². The molecule has 4 heterocycles. The number of ether oxygens (including phenoxy) is 1. The lowest BCUT2D eigenvalue weighted by atomic mass is 9.80. The highest BCUT2D eigenvalue weighted by atomic mass is 16.5. The molecular formula is C35H50N8O3. The van der Waals surface area contributed by atoms with Crippen LogP contribution in [0.5, 0.6) is 5.75 Å². The first-order valence-electron chi connectivity index (χ1n) is 17.4. The van der Waals surface area contributed by atoms with E-state index in [1.54, 1.807) is 30.3 Å². The Balaban J connectivity index is 1.07. The first kappa shape index (κ1) is 31.2. The Morgan fingerprint density at radius 1 is 1.11 bits per heavy atom. The minimum atomic E-state index is -1.03. The van der Waals surface area contributed by atoms with Crippen LogP contribution in [-0.4, -0.2) is 101 Å². The Kier molecular flexibility index (Phi) is 8.33. The van der Waals surface area contributed by atoms with Crippen molar-refractivity contribution in [1.29, 1.82) is 0 Å². The van der Waals surface area contributed by atoms with Crippen molar-refractivity contribution in [3.63, 3.8) is 0 Å².